The maximum absolute atomic E-state index is 13.4. The zero-order valence-electron chi connectivity index (χ0n) is 10.4. The highest BCUT2D eigenvalue weighted by molar-refractivity contribution is 5.12. The van der Waals surface area contributed by atoms with Gasteiger partial charge in [0.15, 0.2) is 5.82 Å². The van der Waals surface area contributed by atoms with E-state index in [4.69, 9.17) is 4.74 Å². The zero-order valence-corrected chi connectivity index (χ0v) is 10.4. The lowest BCUT2D eigenvalue weighted by molar-refractivity contribution is 0.216. The van der Waals surface area contributed by atoms with Gasteiger partial charge in [0.1, 0.15) is 0 Å². The van der Waals surface area contributed by atoms with Crippen LogP contribution in [0.15, 0.2) is 30.9 Å². The molecule has 5 nitrogen and oxygen atoms in total. The summed E-state index contributed by atoms with van der Waals surface area (Å²) in [5, 5.41) is 3.34. The smallest absolute Gasteiger partial charge is 0.250 e. The van der Waals surface area contributed by atoms with Gasteiger partial charge in [-0.15, -0.1) is 0 Å². The minimum atomic E-state index is -0.424. The van der Waals surface area contributed by atoms with E-state index in [1.54, 1.807) is 6.07 Å². The molecule has 0 radical (unpaired) electrons. The molecule has 0 saturated carbocycles. The van der Waals surface area contributed by atoms with Gasteiger partial charge in [-0.3, -0.25) is 0 Å². The Hall–Kier alpha value is -1.95. The number of rotatable bonds is 3. The van der Waals surface area contributed by atoms with Crippen molar-refractivity contribution in [2.75, 3.05) is 13.2 Å². The summed E-state index contributed by atoms with van der Waals surface area (Å²) in [5.74, 6) is -0.0955. The third-order valence-corrected chi connectivity index (χ3v) is 3.17. The molecule has 0 aromatic carbocycles. The molecule has 3 rings (SSSR count). The van der Waals surface area contributed by atoms with Crippen LogP contribution < -0.4 is 10.1 Å². The van der Waals surface area contributed by atoms with Crippen molar-refractivity contribution in [3.05, 3.63) is 42.4 Å². The Morgan fingerprint density at radius 2 is 2.47 bits per heavy atom. The highest BCUT2D eigenvalue weighted by Gasteiger charge is 2.17. The molecular weight excluding hydrogens is 247 g/mol. The number of ether oxygens (including phenoxy) is 1. The monoisotopic (exact) mass is 262 g/mol. The van der Waals surface area contributed by atoms with Gasteiger partial charge in [0.2, 0.25) is 5.88 Å². The summed E-state index contributed by atoms with van der Waals surface area (Å²) < 4.78 is 21.0. The van der Waals surface area contributed by atoms with E-state index in [-0.39, 0.29) is 11.8 Å². The second-order valence-corrected chi connectivity index (χ2v) is 4.64. The molecule has 0 amide bonds. The van der Waals surface area contributed by atoms with Crippen molar-refractivity contribution in [1.29, 1.82) is 0 Å². The highest BCUT2D eigenvalue weighted by Crippen LogP contribution is 2.15. The van der Waals surface area contributed by atoms with E-state index in [1.807, 2.05) is 12.5 Å². The number of fused-ring (bicyclic) bond motifs is 1. The molecule has 1 aliphatic rings. The quantitative estimate of drug-likeness (QED) is 0.903. The molecule has 6 heteroatoms. The molecule has 2 aromatic rings. The van der Waals surface area contributed by atoms with Crippen LogP contribution in [0.25, 0.3) is 0 Å². The number of hydrogen-bond acceptors (Lipinski definition) is 4. The fourth-order valence-electron chi connectivity index (χ4n) is 2.19. The summed E-state index contributed by atoms with van der Waals surface area (Å²) in [7, 11) is 0. The number of pyridine rings is 1. The van der Waals surface area contributed by atoms with Crippen molar-refractivity contribution in [2.45, 2.75) is 13.1 Å². The first-order valence-corrected chi connectivity index (χ1v) is 6.26. The van der Waals surface area contributed by atoms with Crippen molar-refractivity contribution in [1.82, 2.24) is 19.9 Å². The Labute approximate surface area is 110 Å². The van der Waals surface area contributed by atoms with E-state index >= 15 is 0 Å². The molecule has 0 aliphatic carbocycles. The van der Waals surface area contributed by atoms with Crippen LogP contribution in [0, 0.1) is 11.7 Å². The van der Waals surface area contributed by atoms with Crippen molar-refractivity contribution < 1.29 is 9.13 Å². The van der Waals surface area contributed by atoms with E-state index in [0.717, 1.165) is 25.3 Å². The number of hydrogen-bond donors (Lipinski definition) is 1. The first kappa shape index (κ1) is 12.1. The number of halogens is 1. The van der Waals surface area contributed by atoms with Crippen LogP contribution >= 0.6 is 0 Å². The number of aromatic nitrogens is 3. The predicted molar refractivity (Wildman–Crippen MR) is 67.1 cm³/mol. The molecule has 0 saturated heterocycles. The average molecular weight is 262 g/mol. The van der Waals surface area contributed by atoms with Gasteiger partial charge in [0, 0.05) is 37.9 Å². The van der Waals surface area contributed by atoms with Gasteiger partial charge in [0.05, 0.1) is 18.6 Å². The fourth-order valence-corrected chi connectivity index (χ4v) is 2.19. The molecule has 19 heavy (non-hydrogen) atoms. The summed E-state index contributed by atoms with van der Waals surface area (Å²) in [4.78, 5) is 8.01. The molecule has 0 fully saturated rings. The second kappa shape index (κ2) is 5.36. The van der Waals surface area contributed by atoms with Crippen molar-refractivity contribution in [2.24, 2.45) is 5.92 Å². The SMILES string of the molecule is Fc1cccnc1OC[C@H]1CNCc2cncn2C1. The van der Waals surface area contributed by atoms with Crippen molar-refractivity contribution >= 4 is 0 Å². The fraction of sp³-hybridized carbons (Fsp3) is 0.385. The first-order chi connectivity index (χ1) is 9.33. The second-order valence-electron chi connectivity index (χ2n) is 4.64. The summed E-state index contributed by atoms with van der Waals surface area (Å²) >= 11 is 0. The average Bonchev–Trinajstić information content (AvgIpc) is 2.76. The Bertz CT molecular complexity index is 557. The molecule has 2 aromatic heterocycles. The number of imidazole rings is 1. The zero-order chi connectivity index (χ0) is 13.1. The van der Waals surface area contributed by atoms with Gasteiger partial charge in [0.25, 0.3) is 0 Å². The van der Waals surface area contributed by atoms with Crippen LogP contribution in [0.1, 0.15) is 5.69 Å². The van der Waals surface area contributed by atoms with Gasteiger partial charge in [-0.2, -0.15) is 0 Å². The Morgan fingerprint density at radius 1 is 1.53 bits per heavy atom. The number of nitrogens with zero attached hydrogens (tertiary/aromatic N) is 3. The van der Waals surface area contributed by atoms with Gasteiger partial charge in [-0.05, 0) is 12.1 Å². The standard InChI is InChI=1S/C13H15FN4O/c14-12-2-1-3-17-13(12)19-8-10-4-15-5-11-6-16-9-18(11)7-10/h1-3,6,9-10,15H,4-5,7-8H2/t10-/m0/s1. The largest absolute Gasteiger partial charge is 0.475 e. The Morgan fingerprint density at radius 3 is 3.37 bits per heavy atom. The number of nitrogens with one attached hydrogen (secondary N) is 1. The molecule has 100 valence electrons. The summed E-state index contributed by atoms with van der Waals surface area (Å²) in [6.45, 7) is 2.87. The van der Waals surface area contributed by atoms with Gasteiger partial charge in [-0.1, -0.05) is 0 Å². The minimum absolute atomic E-state index is 0.0672. The molecule has 1 N–H and O–H groups in total. The van der Waals surface area contributed by atoms with Gasteiger partial charge >= 0.3 is 0 Å². The van der Waals surface area contributed by atoms with E-state index in [2.05, 4.69) is 19.9 Å². The topological polar surface area (TPSA) is 52.0 Å². The van der Waals surface area contributed by atoms with Crippen LogP contribution in [-0.2, 0) is 13.1 Å². The molecule has 3 heterocycles. The Balaban J connectivity index is 1.63. The van der Waals surface area contributed by atoms with Crippen molar-refractivity contribution in [3.8, 4) is 5.88 Å². The van der Waals surface area contributed by atoms with Crippen LogP contribution in [0.5, 0.6) is 5.88 Å². The molecule has 1 atom stereocenters. The molecule has 0 unspecified atom stereocenters. The summed E-state index contributed by atoms with van der Waals surface area (Å²) in [6, 6.07) is 2.90. The first-order valence-electron chi connectivity index (χ1n) is 6.26. The van der Waals surface area contributed by atoms with Crippen LogP contribution in [0.4, 0.5) is 4.39 Å². The predicted octanol–water partition coefficient (Wildman–Crippen LogP) is 1.22. The van der Waals surface area contributed by atoms with E-state index in [1.165, 1.54) is 12.3 Å². The highest BCUT2D eigenvalue weighted by atomic mass is 19.1. The molecule has 1 aliphatic heterocycles. The minimum Gasteiger partial charge on any atom is -0.475 e. The summed E-state index contributed by atoms with van der Waals surface area (Å²) in [6.07, 6.45) is 5.20. The van der Waals surface area contributed by atoms with Crippen LogP contribution in [0.2, 0.25) is 0 Å². The molecular formula is C13H15FN4O. The normalized spacial score (nSPS) is 18.7. The van der Waals surface area contributed by atoms with E-state index in [0.29, 0.717) is 6.61 Å². The lowest BCUT2D eigenvalue weighted by Crippen LogP contribution is -2.26. The van der Waals surface area contributed by atoms with Crippen LogP contribution in [-0.4, -0.2) is 27.7 Å². The van der Waals surface area contributed by atoms with E-state index < -0.39 is 5.82 Å². The van der Waals surface area contributed by atoms with Gasteiger partial charge < -0.3 is 14.6 Å². The maximum atomic E-state index is 13.4. The lowest BCUT2D eigenvalue weighted by Gasteiger charge is -2.15. The molecule has 0 spiro atoms. The van der Waals surface area contributed by atoms with Crippen LogP contribution in [0.3, 0.4) is 0 Å². The van der Waals surface area contributed by atoms with E-state index in [9.17, 15) is 4.39 Å². The Kier molecular flexibility index (Phi) is 3.41. The van der Waals surface area contributed by atoms with Crippen molar-refractivity contribution in [3.63, 3.8) is 0 Å². The third-order valence-electron chi connectivity index (χ3n) is 3.17. The third kappa shape index (κ3) is 2.73. The van der Waals surface area contributed by atoms with Gasteiger partial charge in [-0.25, -0.2) is 14.4 Å². The summed E-state index contributed by atoms with van der Waals surface area (Å²) in [5.41, 5.74) is 1.16. The molecule has 0 bridgehead atoms. The lowest BCUT2D eigenvalue weighted by atomic mass is 10.1. The maximum Gasteiger partial charge on any atom is 0.250 e.